The lowest BCUT2D eigenvalue weighted by molar-refractivity contribution is 0.320. The molecule has 0 saturated heterocycles. The van der Waals surface area contributed by atoms with Crippen LogP contribution in [-0.2, 0) is 5.41 Å². The van der Waals surface area contributed by atoms with Crippen molar-refractivity contribution in [1.82, 2.24) is 19.7 Å². The molecule has 0 fully saturated rings. The van der Waals surface area contributed by atoms with Crippen LogP contribution in [0.3, 0.4) is 0 Å². The van der Waals surface area contributed by atoms with Crippen molar-refractivity contribution in [3.05, 3.63) is 235 Å². The molecule has 3 heterocycles. The topological polar surface area (TPSA) is 43.6 Å². The molecule has 296 valence electrons. The molecule has 4 heteroatoms. The van der Waals surface area contributed by atoms with Crippen molar-refractivity contribution in [1.29, 1.82) is 0 Å². The highest BCUT2D eigenvalue weighted by Crippen LogP contribution is 2.70. The first-order chi connectivity index (χ1) is 31.1. The van der Waals surface area contributed by atoms with E-state index in [1.54, 1.807) is 0 Å². The number of para-hydroxylation sites is 3. The lowest BCUT2D eigenvalue weighted by Gasteiger charge is -2.49. The number of nitrogens with zero attached hydrogens (tertiary/aromatic N) is 4. The van der Waals surface area contributed by atoms with Crippen molar-refractivity contribution in [2.45, 2.75) is 18.8 Å². The van der Waals surface area contributed by atoms with Gasteiger partial charge in [0.25, 0.3) is 0 Å². The van der Waals surface area contributed by atoms with E-state index in [0.29, 0.717) is 5.82 Å². The molecule has 2 aromatic heterocycles. The van der Waals surface area contributed by atoms with Gasteiger partial charge in [0.15, 0.2) is 5.82 Å². The summed E-state index contributed by atoms with van der Waals surface area (Å²) < 4.78 is 2.54. The molecular weight excluding hydrogens is 765 g/mol. The van der Waals surface area contributed by atoms with E-state index in [4.69, 9.17) is 10.1 Å². The molecule has 0 saturated carbocycles. The van der Waals surface area contributed by atoms with Crippen LogP contribution in [0.2, 0.25) is 0 Å². The fourth-order valence-corrected chi connectivity index (χ4v) is 11.4. The van der Waals surface area contributed by atoms with Crippen molar-refractivity contribution in [2.24, 2.45) is 5.41 Å². The molecule has 3 aliphatic rings. The Morgan fingerprint density at radius 1 is 0.476 bits per heavy atom. The third kappa shape index (κ3) is 4.95. The predicted molar refractivity (Wildman–Crippen MR) is 258 cm³/mol. The van der Waals surface area contributed by atoms with E-state index in [1.807, 2.05) is 48.5 Å². The summed E-state index contributed by atoms with van der Waals surface area (Å²) in [5, 5.41) is 11.9. The Hall–Kier alpha value is -7.95. The molecule has 10 aromatic rings. The Morgan fingerprint density at radius 3 is 1.87 bits per heavy atom. The minimum atomic E-state index is -0.404. The summed E-state index contributed by atoms with van der Waals surface area (Å²) in [5.74, 6) is 0.608. The van der Waals surface area contributed by atoms with E-state index in [1.165, 1.54) is 66.4 Å². The Bertz CT molecular complexity index is 3530. The summed E-state index contributed by atoms with van der Waals surface area (Å²) in [6, 6.07) is 70.3. The Balaban J connectivity index is 0.929. The predicted octanol–water partition coefficient (Wildman–Crippen LogP) is 14.3. The van der Waals surface area contributed by atoms with Crippen molar-refractivity contribution in [3.63, 3.8) is 0 Å². The Labute approximate surface area is 366 Å². The highest BCUT2D eigenvalue weighted by molar-refractivity contribution is 6.13. The number of hydrogen-bond acceptors (Lipinski definition) is 3. The number of rotatable bonds is 5. The highest BCUT2D eigenvalue weighted by Gasteiger charge is 2.62. The molecule has 0 radical (unpaired) electrons. The summed E-state index contributed by atoms with van der Waals surface area (Å²) in [7, 11) is 0. The molecule has 4 nitrogen and oxygen atoms in total. The van der Waals surface area contributed by atoms with E-state index >= 15 is 0 Å². The van der Waals surface area contributed by atoms with Gasteiger partial charge in [0.2, 0.25) is 0 Å². The van der Waals surface area contributed by atoms with Crippen LogP contribution in [0.5, 0.6) is 0 Å². The zero-order valence-corrected chi connectivity index (χ0v) is 34.7. The Kier molecular flexibility index (Phi) is 7.68. The lowest BCUT2D eigenvalue weighted by atomic mass is 9.53. The first-order valence-electron chi connectivity index (χ1n) is 21.8. The average Bonchev–Trinajstić information content (AvgIpc) is 3.82. The summed E-state index contributed by atoms with van der Waals surface area (Å²) in [6.45, 7) is 2.52. The van der Waals surface area contributed by atoms with Gasteiger partial charge in [-0.1, -0.05) is 207 Å². The highest BCUT2D eigenvalue weighted by atomic mass is 15.2. The van der Waals surface area contributed by atoms with Gasteiger partial charge in [-0.15, -0.1) is 10.2 Å². The molecule has 63 heavy (non-hydrogen) atoms. The van der Waals surface area contributed by atoms with Gasteiger partial charge in [0.05, 0.1) is 22.1 Å². The van der Waals surface area contributed by atoms with Crippen LogP contribution in [0.1, 0.15) is 35.6 Å². The van der Waals surface area contributed by atoms with Crippen LogP contribution in [-0.4, -0.2) is 19.7 Å². The van der Waals surface area contributed by atoms with E-state index in [-0.39, 0.29) is 5.41 Å². The van der Waals surface area contributed by atoms with E-state index in [2.05, 4.69) is 180 Å². The zero-order valence-electron chi connectivity index (χ0n) is 34.7. The molecule has 1 spiro atoms. The van der Waals surface area contributed by atoms with Crippen LogP contribution in [0.25, 0.3) is 89.2 Å². The molecule has 8 aromatic carbocycles. The van der Waals surface area contributed by atoms with Crippen LogP contribution in [0, 0.1) is 5.41 Å². The molecule has 0 N–H and O–H groups in total. The van der Waals surface area contributed by atoms with Gasteiger partial charge < -0.3 is 4.57 Å². The standard InChI is InChI=1S/C59H40N4/c1-58-37-13-12-24-48(58)53-44(21-14-25-49(53)59(58)47-23-9-11-28-52(47)63-51-27-10-8-20-45(51)46-22-15-26-50(59)56(46)63)40-33-29-38(30-34-40)39-31-35-42(36-32-39)54-55(41-16-4-2-5-17-41)61-62-57(60-54)43-18-6-3-7-19-43/h2-36H,37H2,1H3. The normalized spacial score (nSPS) is 18.0. The quantitative estimate of drug-likeness (QED) is 0.174. The maximum atomic E-state index is 5.09. The third-order valence-corrected chi connectivity index (χ3v) is 14.2. The zero-order chi connectivity index (χ0) is 41.7. The van der Waals surface area contributed by atoms with Gasteiger partial charge in [-0.25, -0.2) is 4.98 Å². The van der Waals surface area contributed by atoms with Crippen LogP contribution in [0.15, 0.2) is 212 Å². The molecule has 13 rings (SSSR count). The molecule has 1 aliphatic heterocycles. The van der Waals surface area contributed by atoms with Gasteiger partial charge in [-0.3, -0.25) is 0 Å². The van der Waals surface area contributed by atoms with Crippen molar-refractivity contribution in [2.75, 3.05) is 0 Å². The summed E-state index contributed by atoms with van der Waals surface area (Å²) in [4.78, 5) is 5.09. The van der Waals surface area contributed by atoms with Gasteiger partial charge in [-0.2, -0.15) is 0 Å². The SMILES string of the molecule is CC12CC=CC=C1c1c(-c3ccc(-c4ccc(-c5nc(-c6ccccc6)nnc5-c5ccccc5)cc4)cc3)cccc1C21c2ccccc2-n2c3ccccc3c3cccc1c32. The monoisotopic (exact) mass is 804 g/mol. The van der Waals surface area contributed by atoms with Gasteiger partial charge in [0, 0.05) is 32.9 Å². The first-order valence-corrected chi connectivity index (χ1v) is 21.8. The summed E-state index contributed by atoms with van der Waals surface area (Å²) in [6.07, 6.45) is 8.01. The van der Waals surface area contributed by atoms with E-state index in [9.17, 15) is 0 Å². The minimum absolute atomic E-state index is 0.227. The van der Waals surface area contributed by atoms with Crippen LogP contribution in [0.4, 0.5) is 0 Å². The van der Waals surface area contributed by atoms with Crippen molar-refractivity contribution >= 4 is 27.4 Å². The molecule has 2 unspecified atom stereocenters. The molecule has 2 atom stereocenters. The largest absolute Gasteiger partial charge is 0.309 e. The van der Waals surface area contributed by atoms with Crippen molar-refractivity contribution < 1.29 is 0 Å². The fourth-order valence-electron chi connectivity index (χ4n) is 11.4. The average molecular weight is 805 g/mol. The second kappa shape index (κ2) is 13.5. The number of aromatic nitrogens is 4. The number of allylic oxidation sites excluding steroid dienone is 4. The molecule has 0 bridgehead atoms. The molecule has 0 amide bonds. The molecule has 2 aliphatic carbocycles. The maximum absolute atomic E-state index is 5.09. The lowest BCUT2D eigenvalue weighted by Crippen LogP contribution is -2.45. The van der Waals surface area contributed by atoms with Gasteiger partial charge in [-0.05, 0) is 68.6 Å². The fraction of sp³-hybridized carbons (Fsp3) is 0.0678. The van der Waals surface area contributed by atoms with E-state index in [0.717, 1.165) is 45.6 Å². The van der Waals surface area contributed by atoms with E-state index < -0.39 is 5.41 Å². The second-order valence-corrected chi connectivity index (χ2v) is 17.3. The van der Waals surface area contributed by atoms with Crippen LogP contribution < -0.4 is 0 Å². The van der Waals surface area contributed by atoms with Gasteiger partial charge >= 0.3 is 0 Å². The maximum Gasteiger partial charge on any atom is 0.182 e. The minimum Gasteiger partial charge on any atom is -0.309 e. The van der Waals surface area contributed by atoms with Crippen LogP contribution >= 0.6 is 0 Å². The second-order valence-electron chi connectivity index (χ2n) is 17.3. The Morgan fingerprint density at radius 2 is 1.08 bits per heavy atom. The number of fused-ring (bicyclic) bond motifs is 12. The third-order valence-electron chi connectivity index (χ3n) is 14.2. The first kappa shape index (κ1) is 35.8. The number of hydrogen-bond donors (Lipinski definition) is 0. The number of benzene rings is 8. The molecular formula is C59H40N4. The summed E-state index contributed by atoms with van der Waals surface area (Å²) >= 11 is 0. The van der Waals surface area contributed by atoms with Gasteiger partial charge in [0.1, 0.15) is 11.4 Å². The smallest absolute Gasteiger partial charge is 0.182 e. The van der Waals surface area contributed by atoms with Crippen molar-refractivity contribution in [3.8, 4) is 61.8 Å². The summed E-state index contributed by atoms with van der Waals surface area (Å²) in [5.41, 5.74) is 19.4.